The summed E-state index contributed by atoms with van der Waals surface area (Å²) in [5.74, 6) is -1.52. The number of hydrogen-bond donors (Lipinski definition) is 1. The molecular formula is C26H22N2O7. The molecule has 0 radical (unpaired) electrons. The molecule has 1 fully saturated rings. The van der Waals surface area contributed by atoms with Crippen molar-refractivity contribution in [2.75, 3.05) is 18.6 Å². The minimum Gasteiger partial charge on any atom is -0.507 e. The molecule has 4 rings (SSSR count). The molecule has 3 aromatic rings. The Morgan fingerprint density at radius 1 is 1.14 bits per heavy atom. The maximum atomic E-state index is 13.1. The van der Waals surface area contributed by atoms with Gasteiger partial charge in [0.25, 0.3) is 5.78 Å². The summed E-state index contributed by atoms with van der Waals surface area (Å²) in [4.78, 5) is 39.3. The molecule has 1 saturated heterocycles. The molecule has 2 heterocycles. The van der Waals surface area contributed by atoms with E-state index in [0.717, 1.165) is 0 Å². The number of rotatable bonds is 7. The van der Waals surface area contributed by atoms with Gasteiger partial charge < -0.3 is 19.1 Å². The van der Waals surface area contributed by atoms with Crippen LogP contribution < -0.4 is 9.64 Å². The Bertz CT molecular complexity index is 1320. The standard InChI is InChI=1S/C26H22N2O7/c1-4-13-34-19-11-9-17(10-12-19)23(29)21-22(16-5-7-18(8-6-16)26(32)33-3)28(25(31)24(21)30)20-14-15(2)35-27-20/h4-12,14,22,29H,1,13H2,2-3H3/t22-/m1/s1. The van der Waals surface area contributed by atoms with Gasteiger partial charge >= 0.3 is 11.9 Å². The van der Waals surface area contributed by atoms with Crippen LogP contribution in [-0.2, 0) is 14.3 Å². The van der Waals surface area contributed by atoms with E-state index in [-0.39, 0.29) is 17.2 Å². The van der Waals surface area contributed by atoms with Gasteiger partial charge in [-0.05, 0) is 48.9 Å². The Hall–Kier alpha value is -4.66. The average molecular weight is 474 g/mol. The highest BCUT2D eigenvalue weighted by molar-refractivity contribution is 6.51. The molecule has 9 nitrogen and oxygen atoms in total. The van der Waals surface area contributed by atoms with Gasteiger partial charge in [-0.3, -0.25) is 14.5 Å². The number of anilines is 1. The normalized spacial score (nSPS) is 16.9. The van der Waals surface area contributed by atoms with E-state index in [9.17, 15) is 19.5 Å². The van der Waals surface area contributed by atoms with Crippen LogP contribution in [0.3, 0.4) is 0 Å². The van der Waals surface area contributed by atoms with Crippen LogP contribution in [0, 0.1) is 6.92 Å². The van der Waals surface area contributed by atoms with Crippen molar-refractivity contribution < 1.29 is 33.5 Å². The SMILES string of the molecule is C=CCOc1ccc(C(O)=C2C(=O)C(=O)N(c3cc(C)on3)[C@@H]2c2ccc(C(=O)OC)cc2)cc1. The van der Waals surface area contributed by atoms with Crippen molar-refractivity contribution in [3.05, 3.63) is 95.3 Å². The molecule has 1 aliphatic rings. The third kappa shape index (κ3) is 4.43. The van der Waals surface area contributed by atoms with Crippen molar-refractivity contribution in [2.45, 2.75) is 13.0 Å². The molecule has 1 amide bonds. The van der Waals surface area contributed by atoms with Crippen molar-refractivity contribution in [3.8, 4) is 5.75 Å². The zero-order valence-corrected chi connectivity index (χ0v) is 19.1. The van der Waals surface area contributed by atoms with Crippen LogP contribution in [0.4, 0.5) is 5.82 Å². The molecular weight excluding hydrogens is 452 g/mol. The molecule has 9 heteroatoms. The number of aliphatic hydroxyl groups excluding tert-OH is 1. The first-order chi connectivity index (χ1) is 16.8. The fourth-order valence-corrected chi connectivity index (χ4v) is 3.79. The monoisotopic (exact) mass is 474 g/mol. The van der Waals surface area contributed by atoms with Crippen molar-refractivity contribution in [3.63, 3.8) is 0 Å². The van der Waals surface area contributed by atoms with E-state index in [0.29, 0.717) is 34.8 Å². The number of benzene rings is 2. The summed E-state index contributed by atoms with van der Waals surface area (Å²) in [6, 6.07) is 13.1. The fraction of sp³-hybridized carbons (Fsp3) is 0.154. The van der Waals surface area contributed by atoms with Crippen LogP contribution in [0.5, 0.6) is 5.75 Å². The molecule has 0 unspecified atom stereocenters. The van der Waals surface area contributed by atoms with Crippen molar-refractivity contribution in [1.29, 1.82) is 0 Å². The molecule has 35 heavy (non-hydrogen) atoms. The zero-order valence-electron chi connectivity index (χ0n) is 19.1. The number of carbonyl (C=O) groups excluding carboxylic acids is 3. The first kappa shape index (κ1) is 23.5. The molecule has 178 valence electrons. The number of methoxy groups -OCH3 is 1. The molecule has 1 aliphatic heterocycles. The van der Waals surface area contributed by atoms with Crippen molar-refractivity contribution >= 4 is 29.2 Å². The Balaban J connectivity index is 1.83. The lowest BCUT2D eigenvalue weighted by molar-refractivity contribution is -0.132. The van der Waals surface area contributed by atoms with Gasteiger partial charge in [-0.1, -0.05) is 29.9 Å². The Labute approximate surface area is 200 Å². The summed E-state index contributed by atoms with van der Waals surface area (Å²) < 4.78 is 15.3. The highest BCUT2D eigenvalue weighted by Crippen LogP contribution is 2.42. The zero-order chi connectivity index (χ0) is 25.1. The summed E-state index contributed by atoms with van der Waals surface area (Å²) in [7, 11) is 1.27. The summed E-state index contributed by atoms with van der Waals surface area (Å²) in [6.45, 7) is 5.57. The van der Waals surface area contributed by atoms with Gasteiger partial charge in [0.2, 0.25) is 0 Å². The molecule has 0 spiro atoms. The summed E-state index contributed by atoms with van der Waals surface area (Å²) in [5.41, 5.74) is 0.966. The van der Waals surface area contributed by atoms with Gasteiger partial charge in [0, 0.05) is 11.6 Å². The van der Waals surface area contributed by atoms with Gasteiger partial charge in [-0.2, -0.15) is 0 Å². The van der Waals surface area contributed by atoms with Gasteiger partial charge in [0.05, 0.1) is 24.3 Å². The Kier molecular flexibility index (Phi) is 6.50. The van der Waals surface area contributed by atoms with Crippen molar-refractivity contribution in [2.24, 2.45) is 0 Å². The van der Waals surface area contributed by atoms with E-state index in [1.165, 1.54) is 30.2 Å². The largest absolute Gasteiger partial charge is 0.507 e. The number of nitrogens with zero attached hydrogens (tertiary/aromatic N) is 2. The molecule has 2 aromatic carbocycles. The minimum absolute atomic E-state index is 0.124. The summed E-state index contributed by atoms with van der Waals surface area (Å²) >= 11 is 0. The maximum Gasteiger partial charge on any atom is 0.337 e. The van der Waals surface area contributed by atoms with Crippen LogP contribution in [0.1, 0.15) is 33.3 Å². The number of Topliss-reactive ketones (excluding diaryl/α,β-unsaturated/α-hetero) is 1. The van der Waals surface area contributed by atoms with Crippen LogP contribution >= 0.6 is 0 Å². The van der Waals surface area contributed by atoms with Crippen LogP contribution in [-0.4, -0.2) is 41.6 Å². The number of carbonyl (C=O) groups is 3. The number of aromatic nitrogens is 1. The lowest BCUT2D eigenvalue weighted by Crippen LogP contribution is -2.29. The predicted molar refractivity (Wildman–Crippen MR) is 126 cm³/mol. The minimum atomic E-state index is -1.01. The van der Waals surface area contributed by atoms with E-state index in [2.05, 4.69) is 11.7 Å². The third-order valence-electron chi connectivity index (χ3n) is 5.45. The second-order valence-electron chi connectivity index (χ2n) is 7.70. The van der Waals surface area contributed by atoms with E-state index < -0.39 is 23.7 Å². The van der Waals surface area contributed by atoms with Crippen molar-refractivity contribution in [1.82, 2.24) is 5.16 Å². The molecule has 0 aliphatic carbocycles. The van der Waals surface area contributed by atoms with E-state index >= 15 is 0 Å². The van der Waals surface area contributed by atoms with Crippen LogP contribution in [0.25, 0.3) is 5.76 Å². The number of aliphatic hydroxyl groups is 1. The maximum absolute atomic E-state index is 13.1. The number of esters is 1. The number of aryl methyl sites for hydroxylation is 1. The number of ether oxygens (including phenoxy) is 2. The average Bonchev–Trinajstić information content (AvgIpc) is 3.42. The number of hydrogen-bond acceptors (Lipinski definition) is 8. The van der Waals surface area contributed by atoms with Gasteiger partial charge in [-0.25, -0.2) is 4.79 Å². The molecule has 1 atom stereocenters. The van der Waals surface area contributed by atoms with E-state index in [4.69, 9.17) is 14.0 Å². The highest BCUT2D eigenvalue weighted by Gasteiger charge is 2.48. The van der Waals surface area contributed by atoms with Crippen LogP contribution in [0.15, 0.2) is 77.3 Å². The first-order valence-corrected chi connectivity index (χ1v) is 10.6. The molecule has 1 N–H and O–H groups in total. The van der Waals surface area contributed by atoms with E-state index in [1.807, 2.05) is 0 Å². The second kappa shape index (κ2) is 9.68. The second-order valence-corrected chi connectivity index (χ2v) is 7.70. The predicted octanol–water partition coefficient (Wildman–Crippen LogP) is 3.96. The fourth-order valence-electron chi connectivity index (χ4n) is 3.79. The third-order valence-corrected chi connectivity index (χ3v) is 5.45. The topological polar surface area (TPSA) is 119 Å². The quantitative estimate of drug-likeness (QED) is 0.180. The lowest BCUT2D eigenvalue weighted by Gasteiger charge is -2.23. The summed E-state index contributed by atoms with van der Waals surface area (Å²) in [5, 5.41) is 15.1. The molecule has 1 aromatic heterocycles. The number of amides is 1. The number of ketones is 1. The van der Waals surface area contributed by atoms with Gasteiger partial charge in [0.1, 0.15) is 23.9 Å². The highest BCUT2D eigenvalue weighted by atomic mass is 16.5. The smallest absolute Gasteiger partial charge is 0.337 e. The summed E-state index contributed by atoms with van der Waals surface area (Å²) in [6.07, 6.45) is 1.60. The Morgan fingerprint density at radius 2 is 1.80 bits per heavy atom. The molecule has 0 bridgehead atoms. The van der Waals surface area contributed by atoms with Crippen LogP contribution in [0.2, 0.25) is 0 Å². The molecule has 0 saturated carbocycles. The first-order valence-electron chi connectivity index (χ1n) is 10.6. The van der Waals surface area contributed by atoms with Gasteiger partial charge in [-0.15, -0.1) is 0 Å². The Morgan fingerprint density at radius 3 is 2.37 bits per heavy atom. The lowest BCUT2D eigenvalue weighted by atomic mass is 9.94. The van der Waals surface area contributed by atoms with Gasteiger partial charge in [0.15, 0.2) is 5.82 Å². The van der Waals surface area contributed by atoms with E-state index in [1.54, 1.807) is 49.4 Å².